The molecule has 8 heteroatoms. The minimum absolute atomic E-state index is 0.0809. The highest BCUT2D eigenvalue weighted by Gasteiger charge is 2.31. The van der Waals surface area contributed by atoms with Gasteiger partial charge in [0.1, 0.15) is 5.60 Å². The van der Waals surface area contributed by atoms with E-state index in [0.29, 0.717) is 9.77 Å². The zero-order chi connectivity index (χ0) is 15.1. The molecule has 0 N–H and O–H groups in total. The molecule has 0 saturated heterocycles. The van der Waals surface area contributed by atoms with Crippen LogP contribution in [0.5, 0.6) is 0 Å². The lowest BCUT2D eigenvalue weighted by atomic mass is 10.2. The second-order valence-electron chi connectivity index (χ2n) is 5.56. The molecule has 5 nitrogen and oxygen atoms in total. The molecule has 1 amide bonds. The van der Waals surface area contributed by atoms with Gasteiger partial charge in [0.05, 0.1) is 21.0 Å². The zero-order valence-electron chi connectivity index (χ0n) is 11.5. The summed E-state index contributed by atoms with van der Waals surface area (Å²) in [4.78, 5) is 14.5. The first-order valence-electron chi connectivity index (χ1n) is 6.07. The van der Waals surface area contributed by atoms with Crippen molar-refractivity contribution in [2.24, 2.45) is 0 Å². The van der Waals surface area contributed by atoms with Crippen LogP contribution >= 0.6 is 27.3 Å². The number of carbonyl (C=O) groups excluding carboxylic acids is 1. The van der Waals surface area contributed by atoms with Crippen molar-refractivity contribution in [3.05, 3.63) is 14.7 Å². The van der Waals surface area contributed by atoms with Gasteiger partial charge in [-0.15, -0.1) is 11.3 Å². The highest BCUT2D eigenvalue weighted by molar-refractivity contribution is 9.11. The molecular weight excluding hydrogens is 366 g/mol. The predicted octanol–water partition coefficient (Wildman–Crippen LogP) is 3.04. The van der Waals surface area contributed by atoms with Crippen molar-refractivity contribution in [1.82, 2.24) is 4.90 Å². The van der Waals surface area contributed by atoms with E-state index in [0.717, 1.165) is 3.79 Å². The highest BCUT2D eigenvalue weighted by atomic mass is 79.9. The molecule has 0 unspecified atom stereocenters. The van der Waals surface area contributed by atoms with Gasteiger partial charge in [-0.3, -0.25) is 0 Å². The van der Waals surface area contributed by atoms with Gasteiger partial charge < -0.3 is 9.64 Å². The predicted molar refractivity (Wildman–Crippen MR) is 80.7 cm³/mol. The average Bonchev–Trinajstić information content (AvgIpc) is 2.58. The summed E-state index contributed by atoms with van der Waals surface area (Å²) >= 11 is 4.63. The molecule has 0 aliphatic carbocycles. The summed E-state index contributed by atoms with van der Waals surface area (Å²) in [5.41, 5.74) is -0.596. The van der Waals surface area contributed by atoms with Crippen LogP contribution in [-0.2, 0) is 21.1 Å². The molecule has 2 heterocycles. The van der Waals surface area contributed by atoms with Crippen LogP contribution in [0.15, 0.2) is 14.7 Å². The molecule has 1 aliphatic rings. The fourth-order valence-electron chi connectivity index (χ4n) is 1.83. The third-order valence-electron chi connectivity index (χ3n) is 2.69. The van der Waals surface area contributed by atoms with Crippen LogP contribution in [0, 0.1) is 0 Å². The molecule has 0 radical (unpaired) electrons. The smallest absolute Gasteiger partial charge is 0.410 e. The number of carbonyl (C=O) groups is 1. The first-order valence-corrected chi connectivity index (χ1v) is 9.33. The first kappa shape index (κ1) is 15.8. The van der Waals surface area contributed by atoms with Crippen molar-refractivity contribution >= 4 is 43.2 Å². The summed E-state index contributed by atoms with van der Waals surface area (Å²) in [6.07, 6.45) is -0.481. The Labute approximate surface area is 131 Å². The Balaban J connectivity index is 2.28. The second-order valence-corrected chi connectivity index (χ2v) is 10.2. The summed E-state index contributed by atoms with van der Waals surface area (Å²) in [5.74, 6) is -0.0809. The molecular formula is C12H16BrNO4S2. The summed E-state index contributed by atoms with van der Waals surface area (Å²) in [5, 5.41) is 0. The Morgan fingerprint density at radius 2 is 2.10 bits per heavy atom. The second kappa shape index (κ2) is 5.31. The first-order chi connectivity index (χ1) is 9.08. The molecule has 1 aromatic rings. The quantitative estimate of drug-likeness (QED) is 0.692. The molecule has 0 saturated carbocycles. The molecule has 1 aliphatic heterocycles. The Morgan fingerprint density at radius 1 is 1.45 bits per heavy atom. The van der Waals surface area contributed by atoms with Crippen molar-refractivity contribution in [1.29, 1.82) is 0 Å². The van der Waals surface area contributed by atoms with E-state index in [9.17, 15) is 13.2 Å². The zero-order valence-corrected chi connectivity index (χ0v) is 14.7. The van der Waals surface area contributed by atoms with Crippen molar-refractivity contribution in [2.45, 2.75) is 37.8 Å². The molecule has 20 heavy (non-hydrogen) atoms. The van der Waals surface area contributed by atoms with Gasteiger partial charge in [0.25, 0.3) is 0 Å². The summed E-state index contributed by atoms with van der Waals surface area (Å²) in [7, 11) is -3.34. The van der Waals surface area contributed by atoms with Gasteiger partial charge in [-0.25, -0.2) is 13.2 Å². The van der Waals surface area contributed by atoms with Crippen LogP contribution in [0.3, 0.4) is 0 Å². The van der Waals surface area contributed by atoms with Crippen LogP contribution in [-0.4, -0.2) is 37.3 Å². The Kier molecular flexibility index (Phi) is 4.19. The lowest BCUT2D eigenvalue weighted by Crippen LogP contribution is -2.37. The number of sulfone groups is 1. The molecule has 0 spiro atoms. The number of halogens is 1. The van der Waals surface area contributed by atoms with Gasteiger partial charge in [-0.1, -0.05) is 0 Å². The lowest BCUT2D eigenvalue weighted by molar-refractivity contribution is 0.0248. The van der Waals surface area contributed by atoms with Crippen LogP contribution in [0.25, 0.3) is 0 Å². The molecule has 112 valence electrons. The normalized spacial score (nSPS) is 18.3. The third-order valence-corrected chi connectivity index (χ3v) is 6.20. The Bertz CT molecular complexity index is 630. The van der Waals surface area contributed by atoms with Crippen LogP contribution in [0.4, 0.5) is 4.79 Å². The summed E-state index contributed by atoms with van der Waals surface area (Å²) in [6, 6.07) is 1.61. The topological polar surface area (TPSA) is 63.7 Å². The highest BCUT2D eigenvalue weighted by Crippen LogP contribution is 2.34. The van der Waals surface area contributed by atoms with Gasteiger partial charge in [0.2, 0.25) is 0 Å². The van der Waals surface area contributed by atoms with E-state index >= 15 is 0 Å². The fourth-order valence-corrected chi connectivity index (χ4v) is 5.56. The number of rotatable bonds is 0. The van der Waals surface area contributed by atoms with Crippen LogP contribution in [0.2, 0.25) is 0 Å². The van der Waals surface area contributed by atoms with E-state index in [1.54, 1.807) is 26.8 Å². The van der Waals surface area contributed by atoms with Gasteiger partial charge in [-0.2, -0.15) is 0 Å². The van der Waals surface area contributed by atoms with Gasteiger partial charge >= 0.3 is 6.09 Å². The van der Waals surface area contributed by atoms with E-state index in [4.69, 9.17) is 4.74 Å². The van der Waals surface area contributed by atoms with E-state index in [1.807, 2.05) is 0 Å². The maximum atomic E-state index is 12.2. The fraction of sp³-hybridized carbons (Fsp3) is 0.583. The number of fused-ring (bicyclic) bond motifs is 1. The molecule has 1 aromatic heterocycles. The number of thiophene rings is 1. The Hall–Kier alpha value is -0.600. The van der Waals surface area contributed by atoms with Crippen molar-refractivity contribution in [2.75, 3.05) is 12.3 Å². The molecule has 0 bridgehead atoms. The van der Waals surface area contributed by atoms with Crippen LogP contribution in [0.1, 0.15) is 25.6 Å². The lowest BCUT2D eigenvalue weighted by Gasteiger charge is -2.26. The molecule has 2 rings (SSSR count). The van der Waals surface area contributed by atoms with Gasteiger partial charge in [-0.05, 0) is 42.8 Å². The maximum Gasteiger partial charge on any atom is 0.410 e. The minimum Gasteiger partial charge on any atom is -0.444 e. The van der Waals surface area contributed by atoms with E-state index in [-0.39, 0.29) is 18.8 Å². The largest absolute Gasteiger partial charge is 0.444 e. The molecule has 0 aromatic carbocycles. The maximum absolute atomic E-state index is 12.2. The molecule has 0 atom stereocenters. The van der Waals surface area contributed by atoms with Gasteiger partial charge in [0, 0.05) is 11.4 Å². The third kappa shape index (κ3) is 3.53. The number of hydrogen-bond donors (Lipinski definition) is 0. The standard InChI is InChI=1S/C12H16BrNO4S2/c1-12(2,3)18-11(15)14-4-5-20(16,17)9-6-10(13)19-8(9)7-14/h6H,4-5,7H2,1-3H3. The Morgan fingerprint density at radius 3 is 2.70 bits per heavy atom. The van der Waals surface area contributed by atoms with Gasteiger partial charge in [0.15, 0.2) is 9.84 Å². The average molecular weight is 382 g/mol. The number of hydrogen-bond acceptors (Lipinski definition) is 5. The number of nitrogens with zero attached hydrogens (tertiary/aromatic N) is 1. The monoisotopic (exact) mass is 381 g/mol. The summed E-state index contributed by atoms with van der Waals surface area (Å²) in [6.45, 7) is 5.77. The minimum atomic E-state index is -3.34. The van der Waals surface area contributed by atoms with Crippen molar-refractivity contribution in [3.8, 4) is 0 Å². The molecule has 0 fully saturated rings. The summed E-state index contributed by atoms with van der Waals surface area (Å²) < 4.78 is 30.4. The van der Waals surface area contributed by atoms with E-state index < -0.39 is 21.5 Å². The number of ether oxygens (including phenoxy) is 1. The van der Waals surface area contributed by atoms with E-state index in [1.165, 1.54) is 16.2 Å². The van der Waals surface area contributed by atoms with Crippen molar-refractivity contribution in [3.63, 3.8) is 0 Å². The number of amides is 1. The van der Waals surface area contributed by atoms with Crippen molar-refractivity contribution < 1.29 is 17.9 Å². The van der Waals surface area contributed by atoms with Crippen LogP contribution < -0.4 is 0 Å². The van der Waals surface area contributed by atoms with E-state index in [2.05, 4.69) is 15.9 Å². The SMILES string of the molecule is CC(C)(C)OC(=O)N1CCS(=O)(=O)c2cc(Br)sc2C1.